The molecule has 0 aliphatic carbocycles. The summed E-state index contributed by atoms with van der Waals surface area (Å²) in [6.07, 6.45) is -0.327. The molecule has 0 radical (unpaired) electrons. The van der Waals surface area contributed by atoms with Crippen molar-refractivity contribution < 1.29 is 19.1 Å². The fraction of sp³-hybridized carbons (Fsp3) is 0.600. The lowest BCUT2D eigenvalue weighted by molar-refractivity contribution is -0.122. The van der Waals surface area contributed by atoms with Gasteiger partial charge in [0.2, 0.25) is 5.91 Å². The van der Waals surface area contributed by atoms with Gasteiger partial charge < -0.3 is 20.1 Å². The van der Waals surface area contributed by atoms with Gasteiger partial charge in [-0.25, -0.2) is 4.79 Å². The lowest BCUT2D eigenvalue weighted by Crippen LogP contribution is -2.47. The summed E-state index contributed by atoms with van der Waals surface area (Å²) in [7, 11) is 0. The summed E-state index contributed by atoms with van der Waals surface area (Å²) in [4.78, 5) is 25.8. The van der Waals surface area contributed by atoms with Crippen molar-refractivity contribution in [3.63, 3.8) is 0 Å². The fourth-order valence-corrected chi connectivity index (χ4v) is 2.80. The number of amides is 2. The largest absolute Gasteiger partial charge is 0.444 e. The molecule has 1 aromatic carbocycles. The summed E-state index contributed by atoms with van der Waals surface area (Å²) in [5.74, 6) is -0.116. The molecule has 150 valence electrons. The minimum atomic E-state index is -0.545. The van der Waals surface area contributed by atoms with Crippen molar-refractivity contribution in [3.8, 4) is 0 Å². The zero-order chi connectivity index (χ0) is 19.7. The van der Waals surface area contributed by atoms with E-state index in [4.69, 9.17) is 9.47 Å². The van der Waals surface area contributed by atoms with Crippen molar-refractivity contribution in [1.29, 1.82) is 0 Å². The van der Waals surface area contributed by atoms with Crippen molar-refractivity contribution in [3.05, 3.63) is 35.9 Å². The Hall–Kier alpha value is -2.12. The highest BCUT2D eigenvalue weighted by Gasteiger charge is 2.21. The first kappa shape index (κ1) is 21.2. The van der Waals surface area contributed by atoms with Crippen LogP contribution in [0.4, 0.5) is 4.79 Å². The molecule has 0 saturated carbocycles. The van der Waals surface area contributed by atoms with Crippen LogP contribution in [0, 0.1) is 0 Å². The standard InChI is InChI=1S/C20H31N3O4/c1-20(2,3)27-19(25)21-10-9-18(24)22-13-17-15-23(11-12-26-17)14-16-7-5-4-6-8-16/h4-8,17H,9-15H2,1-3H3,(H,21,25)(H,22,24)/t17-/m1/s1. The number of rotatable bonds is 7. The minimum Gasteiger partial charge on any atom is -0.444 e. The van der Waals surface area contributed by atoms with Gasteiger partial charge in [0.25, 0.3) is 0 Å². The van der Waals surface area contributed by atoms with Crippen LogP contribution in [0.3, 0.4) is 0 Å². The van der Waals surface area contributed by atoms with E-state index in [0.717, 1.165) is 19.6 Å². The first-order valence-electron chi connectivity index (χ1n) is 9.43. The Morgan fingerprint density at radius 3 is 2.67 bits per heavy atom. The number of hydrogen-bond donors (Lipinski definition) is 2. The second-order valence-electron chi connectivity index (χ2n) is 7.70. The highest BCUT2D eigenvalue weighted by Crippen LogP contribution is 2.10. The van der Waals surface area contributed by atoms with Crippen LogP contribution in [0.5, 0.6) is 0 Å². The summed E-state index contributed by atoms with van der Waals surface area (Å²) in [5, 5.41) is 5.46. The van der Waals surface area contributed by atoms with Gasteiger partial charge >= 0.3 is 6.09 Å². The van der Waals surface area contributed by atoms with Gasteiger partial charge in [0.15, 0.2) is 0 Å². The smallest absolute Gasteiger partial charge is 0.407 e. The third kappa shape index (κ3) is 8.88. The van der Waals surface area contributed by atoms with Crippen LogP contribution in [0.15, 0.2) is 30.3 Å². The number of carbonyl (C=O) groups is 2. The van der Waals surface area contributed by atoms with Crippen LogP contribution < -0.4 is 10.6 Å². The quantitative estimate of drug-likeness (QED) is 0.759. The molecule has 1 heterocycles. The summed E-state index contributed by atoms with van der Waals surface area (Å²) >= 11 is 0. The van der Waals surface area contributed by atoms with Crippen LogP contribution in [0.1, 0.15) is 32.8 Å². The second-order valence-corrected chi connectivity index (χ2v) is 7.70. The van der Waals surface area contributed by atoms with E-state index in [2.05, 4.69) is 27.7 Å². The molecular formula is C20H31N3O4. The van der Waals surface area contributed by atoms with E-state index in [1.807, 2.05) is 18.2 Å². The van der Waals surface area contributed by atoms with Crippen molar-refractivity contribution in [2.75, 3.05) is 32.8 Å². The van der Waals surface area contributed by atoms with E-state index in [9.17, 15) is 9.59 Å². The molecule has 0 unspecified atom stereocenters. The molecule has 1 saturated heterocycles. The van der Waals surface area contributed by atoms with E-state index in [-0.39, 0.29) is 25.0 Å². The van der Waals surface area contributed by atoms with Gasteiger partial charge in [-0.05, 0) is 26.3 Å². The molecule has 1 aliphatic heterocycles. The van der Waals surface area contributed by atoms with Gasteiger partial charge in [-0.1, -0.05) is 30.3 Å². The van der Waals surface area contributed by atoms with Crippen molar-refractivity contribution >= 4 is 12.0 Å². The maximum atomic E-state index is 12.0. The predicted molar refractivity (Wildman–Crippen MR) is 103 cm³/mol. The fourth-order valence-electron chi connectivity index (χ4n) is 2.80. The number of hydrogen-bond acceptors (Lipinski definition) is 5. The molecule has 2 N–H and O–H groups in total. The minimum absolute atomic E-state index is 0.0229. The maximum Gasteiger partial charge on any atom is 0.407 e. The van der Waals surface area contributed by atoms with Crippen LogP contribution >= 0.6 is 0 Å². The van der Waals surface area contributed by atoms with E-state index in [1.54, 1.807) is 20.8 Å². The summed E-state index contributed by atoms with van der Waals surface area (Å²) in [6.45, 7) is 9.31. The first-order valence-corrected chi connectivity index (χ1v) is 9.43. The number of carbonyl (C=O) groups excluding carboxylic acids is 2. The molecule has 1 atom stereocenters. The number of ether oxygens (including phenoxy) is 2. The summed E-state index contributed by atoms with van der Waals surface area (Å²) < 4.78 is 10.9. The normalized spacial score (nSPS) is 18.0. The highest BCUT2D eigenvalue weighted by molar-refractivity contribution is 5.77. The van der Waals surface area contributed by atoms with Gasteiger partial charge in [-0.3, -0.25) is 9.69 Å². The number of morpholine rings is 1. The Morgan fingerprint density at radius 2 is 1.96 bits per heavy atom. The van der Waals surface area contributed by atoms with Gasteiger partial charge in [-0.2, -0.15) is 0 Å². The molecule has 2 rings (SSSR count). The van der Waals surface area contributed by atoms with E-state index < -0.39 is 11.7 Å². The number of nitrogens with one attached hydrogen (secondary N) is 2. The highest BCUT2D eigenvalue weighted by atomic mass is 16.6. The molecule has 0 aromatic heterocycles. The zero-order valence-corrected chi connectivity index (χ0v) is 16.5. The van der Waals surface area contributed by atoms with Gasteiger partial charge in [-0.15, -0.1) is 0 Å². The Kier molecular flexibility index (Phi) is 8.06. The van der Waals surface area contributed by atoms with Crippen molar-refractivity contribution in [2.24, 2.45) is 0 Å². The van der Waals surface area contributed by atoms with E-state index in [1.165, 1.54) is 5.56 Å². The van der Waals surface area contributed by atoms with Crippen molar-refractivity contribution in [1.82, 2.24) is 15.5 Å². The SMILES string of the molecule is CC(C)(C)OC(=O)NCCC(=O)NC[C@@H]1CN(Cc2ccccc2)CCO1. The molecule has 0 bridgehead atoms. The van der Waals surface area contributed by atoms with Crippen LogP contribution in [0.2, 0.25) is 0 Å². The molecule has 2 amide bonds. The lowest BCUT2D eigenvalue weighted by atomic mass is 10.2. The number of nitrogens with zero attached hydrogens (tertiary/aromatic N) is 1. The third-order valence-electron chi connectivity index (χ3n) is 4.02. The molecule has 1 aromatic rings. The topological polar surface area (TPSA) is 79.9 Å². The lowest BCUT2D eigenvalue weighted by Gasteiger charge is -2.33. The third-order valence-corrected chi connectivity index (χ3v) is 4.02. The predicted octanol–water partition coefficient (Wildman–Crippen LogP) is 1.92. The zero-order valence-electron chi connectivity index (χ0n) is 16.5. The average Bonchev–Trinajstić information content (AvgIpc) is 2.60. The maximum absolute atomic E-state index is 12.0. The Morgan fingerprint density at radius 1 is 1.22 bits per heavy atom. The molecule has 0 spiro atoms. The van der Waals surface area contributed by atoms with Gasteiger partial charge in [0.05, 0.1) is 12.7 Å². The van der Waals surface area contributed by atoms with Crippen LogP contribution in [0.25, 0.3) is 0 Å². The Balaban J connectivity index is 1.62. The Labute approximate surface area is 161 Å². The van der Waals surface area contributed by atoms with E-state index >= 15 is 0 Å². The first-order chi connectivity index (χ1) is 12.8. The monoisotopic (exact) mass is 377 g/mol. The van der Waals surface area contributed by atoms with Crippen molar-refractivity contribution in [2.45, 2.75) is 45.4 Å². The van der Waals surface area contributed by atoms with Gasteiger partial charge in [0, 0.05) is 39.1 Å². The molecule has 7 nitrogen and oxygen atoms in total. The molecule has 1 aliphatic rings. The number of alkyl carbamates (subject to hydrolysis) is 1. The molecule has 1 fully saturated rings. The van der Waals surface area contributed by atoms with Crippen LogP contribution in [-0.2, 0) is 20.8 Å². The summed E-state index contributed by atoms with van der Waals surface area (Å²) in [6, 6.07) is 10.3. The van der Waals surface area contributed by atoms with E-state index in [0.29, 0.717) is 13.2 Å². The average molecular weight is 377 g/mol. The summed E-state index contributed by atoms with van der Waals surface area (Å²) in [5.41, 5.74) is 0.728. The second kappa shape index (κ2) is 10.3. The Bertz CT molecular complexity index is 601. The van der Waals surface area contributed by atoms with Crippen LogP contribution in [-0.4, -0.2) is 61.4 Å². The van der Waals surface area contributed by atoms with Gasteiger partial charge in [0.1, 0.15) is 5.60 Å². The molecule has 7 heteroatoms. The number of benzene rings is 1. The molecular weight excluding hydrogens is 346 g/mol. The molecule has 27 heavy (non-hydrogen) atoms.